The Morgan fingerprint density at radius 1 is 0.930 bits per heavy atom. The number of amides is 2. The minimum Gasteiger partial charge on any atom is -0.494 e. The monoisotopic (exact) mass is 631 g/mol. The van der Waals surface area contributed by atoms with Crippen molar-refractivity contribution in [2.75, 3.05) is 31.7 Å². The van der Waals surface area contributed by atoms with Crippen LogP contribution in [-0.4, -0.2) is 64.6 Å². The van der Waals surface area contributed by atoms with Crippen molar-refractivity contribution in [3.63, 3.8) is 0 Å². The molecule has 43 heavy (non-hydrogen) atoms. The summed E-state index contributed by atoms with van der Waals surface area (Å²) < 4.78 is 45.4. The molecule has 1 N–H and O–H groups in total. The van der Waals surface area contributed by atoms with Crippen molar-refractivity contribution in [2.45, 2.75) is 51.2 Å². The summed E-state index contributed by atoms with van der Waals surface area (Å²) in [7, 11) is -1.47. The van der Waals surface area contributed by atoms with Gasteiger partial charge in [0.15, 0.2) is 11.5 Å². The summed E-state index contributed by atoms with van der Waals surface area (Å²) in [5.74, 6) is 0.138. The topological polar surface area (TPSA) is 114 Å². The van der Waals surface area contributed by atoms with E-state index in [4.69, 9.17) is 25.8 Å². The van der Waals surface area contributed by atoms with Gasteiger partial charge in [-0.3, -0.25) is 13.9 Å². The van der Waals surface area contributed by atoms with Crippen molar-refractivity contribution in [3.8, 4) is 17.2 Å². The smallest absolute Gasteiger partial charge is 0.264 e. The molecule has 0 aliphatic heterocycles. The van der Waals surface area contributed by atoms with E-state index in [2.05, 4.69) is 5.32 Å². The van der Waals surface area contributed by atoms with Crippen LogP contribution in [0, 0.1) is 0 Å². The third-order valence-electron chi connectivity index (χ3n) is 6.50. The van der Waals surface area contributed by atoms with Crippen molar-refractivity contribution in [2.24, 2.45) is 0 Å². The first-order valence-corrected chi connectivity index (χ1v) is 15.5. The van der Waals surface area contributed by atoms with E-state index >= 15 is 0 Å². The lowest BCUT2D eigenvalue weighted by Crippen LogP contribution is -2.52. The molecule has 0 fully saturated rings. The molecule has 0 aliphatic carbocycles. The fourth-order valence-corrected chi connectivity index (χ4v) is 5.97. The molecule has 0 aromatic heterocycles. The number of hydrogen-bond acceptors (Lipinski definition) is 7. The number of nitrogens with zero attached hydrogens (tertiary/aromatic N) is 2. The predicted octanol–water partition coefficient (Wildman–Crippen LogP) is 4.89. The number of anilines is 1. The van der Waals surface area contributed by atoms with Gasteiger partial charge in [0, 0.05) is 23.7 Å². The van der Waals surface area contributed by atoms with Gasteiger partial charge in [0.1, 0.15) is 18.3 Å². The summed E-state index contributed by atoms with van der Waals surface area (Å²) in [6, 6.07) is 16.4. The molecule has 1 atom stereocenters. The third kappa shape index (κ3) is 8.55. The molecule has 10 nitrogen and oxygen atoms in total. The number of methoxy groups -OCH3 is 2. The molecule has 0 bridgehead atoms. The van der Waals surface area contributed by atoms with Crippen molar-refractivity contribution in [3.05, 3.63) is 77.3 Å². The quantitative estimate of drug-likeness (QED) is 0.269. The van der Waals surface area contributed by atoms with E-state index < -0.39 is 28.5 Å². The Balaban J connectivity index is 2.08. The zero-order valence-corrected chi connectivity index (χ0v) is 26.7. The molecule has 3 aromatic rings. The largest absolute Gasteiger partial charge is 0.494 e. The fraction of sp³-hybridized carbons (Fsp3) is 0.355. The lowest BCUT2D eigenvalue weighted by molar-refractivity contribution is -0.139. The van der Waals surface area contributed by atoms with Crippen LogP contribution in [0.5, 0.6) is 17.2 Å². The van der Waals surface area contributed by atoms with Crippen LogP contribution in [0.2, 0.25) is 5.02 Å². The number of ether oxygens (including phenoxy) is 3. The van der Waals surface area contributed by atoms with Crippen molar-refractivity contribution < 1.29 is 32.2 Å². The summed E-state index contributed by atoms with van der Waals surface area (Å²) in [5, 5.41) is 3.30. The van der Waals surface area contributed by atoms with Gasteiger partial charge in [-0.05, 0) is 81.8 Å². The number of sulfonamides is 1. The number of carbonyl (C=O) groups is 2. The summed E-state index contributed by atoms with van der Waals surface area (Å²) in [6.07, 6.45) is 0. The fourth-order valence-electron chi connectivity index (χ4n) is 4.33. The van der Waals surface area contributed by atoms with Crippen LogP contribution < -0.4 is 23.8 Å². The van der Waals surface area contributed by atoms with Crippen molar-refractivity contribution in [1.29, 1.82) is 0 Å². The minimum absolute atomic E-state index is 0.0274. The maximum Gasteiger partial charge on any atom is 0.264 e. The van der Waals surface area contributed by atoms with Gasteiger partial charge in [-0.25, -0.2) is 8.42 Å². The molecular formula is C31H38ClN3O7S. The number of hydrogen-bond donors (Lipinski definition) is 1. The number of nitrogens with one attached hydrogen (secondary N) is 1. The molecule has 12 heteroatoms. The zero-order valence-electron chi connectivity index (χ0n) is 25.2. The van der Waals surface area contributed by atoms with E-state index in [1.54, 1.807) is 55.5 Å². The van der Waals surface area contributed by atoms with Gasteiger partial charge in [0.2, 0.25) is 11.8 Å². The van der Waals surface area contributed by atoms with E-state index in [-0.39, 0.29) is 34.8 Å². The van der Waals surface area contributed by atoms with Crippen molar-refractivity contribution >= 4 is 39.1 Å². The maximum atomic E-state index is 14.2. The van der Waals surface area contributed by atoms with Crippen LogP contribution in [0.15, 0.2) is 71.6 Å². The van der Waals surface area contributed by atoms with Gasteiger partial charge >= 0.3 is 0 Å². The Kier molecular flexibility index (Phi) is 11.7. The van der Waals surface area contributed by atoms with Gasteiger partial charge in [0.05, 0.1) is 31.4 Å². The Morgan fingerprint density at radius 3 is 2.19 bits per heavy atom. The second-order valence-electron chi connectivity index (χ2n) is 9.95. The average Bonchev–Trinajstić information content (AvgIpc) is 2.98. The molecule has 3 aromatic carbocycles. The van der Waals surface area contributed by atoms with Gasteiger partial charge in [0.25, 0.3) is 10.0 Å². The summed E-state index contributed by atoms with van der Waals surface area (Å²) >= 11 is 6.19. The number of rotatable bonds is 14. The highest BCUT2D eigenvalue weighted by Crippen LogP contribution is 2.33. The molecule has 0 saturated carbocycles. The highest BCUT2D eigenvalue weighted by Gasteiger charge is 2.33. The van der Waals surface area contributed by atoms with Gasteiger partial charge in [-0.1, -0.05) is 23.7 Å². The summed E-state index contributed by atoms with van der Waals surface area (Å²) in [6.45, 7) is 6.94. The Bertz CT molecular complexity index is 1510. The lowest BCUT2D eigenvalue weighted by Gasteiger charge is -2.32. The van der Waals surface area contributed by atoms with E-state index in [9.17, 15) is 18.0 Å². The third-order valence-corrected chi connectivity index (χ3v) is 8.50. The predicted molar refractivity (Wildman–Crippen MR) is 166 cm³/mol. The normalized spacial score (nSPS) is 11.9. The van der Waals surface area contributed by atoms with Gasteiger partial charge < -0.3 is 24.4 Å². The van der Waals surface area contributed by atoms with Crippen LogP contribution in [0.4, 0.5) is 5.69 Å². The minimum atomic E-state index is -4.32. The molecule has 3 rings (SSSR count). The average molecular weight is 632 g/mol. The van der Waals surface area contributed by atoms with E-state index in [1.165, 1.54) is 37.3 Å². The highest BCUT2D eigenvalue weighted by atomic mass is 35.5. The van der Waals surface area contributed by atoms with E-state index in [1.807, 2.05) is 20.8 Å². The summed E-state index contributed by atoms with van der Waals surface area (Å²) in [4.78, 5) is 28.3. The second-order valence-corrected chi connectivity index (χ2v) is 12.2. The van der Waals surface area contributed by atoms with Crippen LogP contribution in [-0.2, 0) is 26.2 Å². The molecule has 0 aliphatic rings. The first kappa shape index (κ1) is 33.5. The number of halogens is 1. The zero-order chi connectivity index (χ0) is 31.7. The van der Waals surface area contributed by atoms with Gasteiger partial charge in [-0.15, -0.1) is 0 Å². The number of benzene rings is 3. The highest BCUT2D eigenvalue weighted by molar-refractivity contribution is 7.92. The molecule has 0 heterocycles. The summed E-state index contributed by atoms with van der Waals surface area (Å²) in [5.41, 5.74) is 0.911. The first-order valence-electron chi connectivity index (χ1n) is 13.7. The molecule has 0 spiro atoms. The Labute approximate surface area is 258 Å². The second kappa shape index (κ2) is 15.0. The molecule has 0 saturated heterocycles. The SMILES string of the molecule is CCOc1ccc(N(CC(=O)N(Cc2cccc(Cl)c2)[C@H](C)C(=O)NC(C)C)S(=O)(=O)c2ccc(OC)c(OC)c2)cc1. The van der Waals surface area contributed by atoms with Crippen LogP contribution in [0.3, 0.4) is 0 Å². The molecular weight excluding hydrogens is 594 g/mol. The standard InChI is InChI=1S/C31H38ClN3O7S/c1-7-42-26-13-11-25(12-14-26)35(43(38,39)27-15-16-28(40-5)29(18-27)41-6)20-30(36)34(22(4)31(37)33-21(2)3)19-23-9-8-10-24(32)17-23/h8-18,21-22H,7,19-20H2,1-6H3,(H,33,37)/t22-/m1/s1. The van der Waals surface area contributed by atoms with Gasteiger partial charge in [-0.2, -0.15) is 0 Å². The lowest BCUT2D eigenvalue weighted by atomic mass is 10.1. The molecule has 232 valence electrons. The molecule has 0 radical (unpaired) electrons. The van der Waals surface area contributed by atoms with Crippen LogP contribution in [0.25, 0.3) is 0 Å². The van der Waals surface area contributed by atoms with E-state index in [0.717, 1.165) is 4.31 Å². The Morgan fingerprint density at radius 2 is 1.60 bits per heavy atom. The van der Waals surface area contributed by atoms with Crippen LogP contribution >= 0.6 is 11.6 Å². The van der Waals surface area contributed by atoms with Crippen molar-refractivity contribution in [1.82, 2.24) is 10.2 Å². The molecule has 0 unspecified atom stereocenters. The van der Waals surface area contributed by atoms with Crippen LogP contribution in [0.1, 0.15) is 33.3 Å². The molecule has 2 amide bonds. The van der Waals surface area contributed by atoms with E-state index in [0.29, 0.717) is 28.7 Å². The maximum absolute atomic E-state index is 14.2. The first-order chi connectivity index (χ1) is 20.4. The number of carbonyl (C=O) groups excluding carboxylic acids is 2. The Hall–Kier alpha value is -3.96.